The Kier molecular flexibility index (Phi) is 5.17. The minimum absolute atomic E-state index is 0.143. The summed E-state index contributed by atoms with van der Waals surface area (Å²) >= 11 is 0. The number of carbonyl (C=O) groups is 1. The predicted molar refractivity (Wildman–Crippen MR) is 108 cm³/mol. The highest BCUT2D eigenvalue weighted by Crippen LogP contribution is 2.22. The molecule has 4 rings (SSSR count). The third-order valence-electron chi connectivity index (χ3n) is 4.48. The number of aromatic nitrogens is 5. The van der Waals surface area contributed by atoms with E-state index in [2.05, 4.69) is 25.6 Å². The van der Waals surface area contributed by atoms with Gasteiger partial charge in [-0.1, -0.05) is 5.21 Å². The molecule has 0 bridgehead atoms. The Morgan fingerprint density at radius 1 is 1.07 bits per heavy atom. The number of rotatable bonds is 5. The summed E-state index contributed by atoms with van der Waals surface area (Å²) in [6.45, 7) is 1.71. The van der Waals surface area contributed by atoms with E-state index in [1.807, 2.05) is 24.3 Å². The number of nitrogens with zero attached hydrogens (tertiary/aromatic N) is 5. The van der Waals surface area contributed by atoms with Gasteiger partial charge < -0.3 is 10.1 Å². The van der Waals surface area contributed by atoms with Gasteiger partial charge in [-0.05, 0) is 55.5 Å². The first kappa shape index (κ1) is 19.2. The van der Waals surface area contributed by atoms with Gasteiger partial charge in [0.25, 0.3) is 5.91 Å². The highest BCUT2D eigenvalue weighted by atomic mass is 19.1. The molecule has 150 valence electrons. The van der Waals surface area contributed by atoms with Crippen molar-refractivity contribution in [2.45, 2.75) is 6.92 Å². The van der Waals surface area contributed by atoms with Crippen LogP contribution < -0.4 is 10.1 Å². The van der Waals surface area contributed by atoms with Crippen molar-refractivity contribution in [2.24, 2.45) is 0 Å². The maximum absolute atomic E-state index is 13.1. The van der Waals surface area contributed by atoms with Crippen molar-refractivity contribution in [1.82, 2.24) is 25.0 Å². The Balaban J connectivity index is 1.55. The summed E-state index contributed by atoms with van der Waals surface area (Å²) in [4.78, 5) is 21.1. The van der Waals surface area contributed by atoms with Gasteiger partial charge in [0.15, 0.2) is 5.69 Å². The molecule has 2 heterocycles. The fourth-order valence-electron chi connectivity index (χ4n) is 2.89. The molecule has 0 aliphatic rings. The lowest BCUT2D eigenvalue weighted by atomic mass is 10.1. The second kappa shape index (κ2) is 8.08. The normalized spacial score (nSPS) is 10.6. The first-order valence-corrected chi connectivity index (χ1v) is 9.01. The summed E-state index contributed by atoms with van der Waals surface area (Å²) in [7, 11) is 1.60. The number of ether oxygens (including phenoxy) is 1. The zero-order valence-electron chi connectivity index (χ0n) is 16.2. The fourth-order valence-corrected chi connectivity index (χ4v) is 2.89. The van der Waals surface area contributed by atoms with Gasteiger partial charge in [-0.25, -0.2) is 19.0 Å². The maximum Gasteiger partial charge on any atom is 0.279 e. The van der Waals surface area contributed by atoms with Gasteiger partial charge in [-0.2, -0.15) is 0 Å². The summed E-state index contributed by atoms with van der Waals surface area (Å²) in [6.07, 6.45) is 1.37. The average molecular weight is 404 g/mol. The number of hydrogen-bond donors (Lipinski definition) is 1. The van der Waals surface area contributed by atoms with Crippen molar-refractivity contribution in [3.63, 3.8) is 0 Å². The highest BCUT2D eigenvalue weighted by molar-refractivity contribution is 6.03. The molecule has 30 heavy (non-hydrogen) atoms. The van der Waals surface area contributed by atoms with Gasteiger partial charge in [-0.15, -0.1) is 5.10 Å². The smallest absolute Gasteiger partial charge is 0.279 e. The molecule has 0 radical (unpaired) electrons. The molecule has 0 unspecified atom stereocenters. The molecule has 0 spiro atoms. The second-order valence-corrected chi connectivity index (χ2v) is 6.38. The molecule has 8 nitrogen and oxygen atoms in total. The number of anilines is 1. The van der Waals surface area contributed by atoms with Crippen LogP contribution in [-0.4, -0.2) is 38.0 Å². The molecule has 0 saturated carbocycles. The van der Waals surface area contributed by atoms with Crippen LogP contribution in [-0.2, 0) is 0 Å². The standard InChI is InChI=1S/C21H17FN6O2/c1-13-20(26-27-28(13)16-7-5-15(22)6-8-16)21(29)25-19-11-18(23-12-24-19)14-3-9-17(30-2)10-4-14/h3-12H,1-2H3,(H,23,24,25,29). The third kappa shape index (κ3) is 3.86. The van der Waals surface area contributed by atoms with E-state index in [0.717, 1.165) is 11.3 Å². The van der Waals surface area contributed by atoms with Crippen LogP contribution in [0.15, 0.2) is 60.9 Å². The van der Waals surface area contributed by atoms with Gasteiger partial charge in [0.2, 0.25) is 0 Å². The molecule has 9 heteroatoms. The van der Waals surface area contributed by atoms with Gasteiger partial charge >= 0.3 is 0 Å². The summed E-state index contributed by atoms with van der Waals surface area (Å²) < 4.78 is 19.8. The first-order chi connectivity index (χ1) is 14.5. The number of amides is 1. The van der Waals surface area contributed by atoms with Crippen LogP contribution in [0.2, 0.25) is 0 Å². The van der Waals surface area contributed by atoms with Gasteiger partial charge in [0.1, 0.15) is 23.7 Å². The van der Waals surface area contributed by atoms with E-state index in [-0.39, 0.29) is 11.5 Å². The molecule has 0 aliphatic carbocycles. The van der Waals surface area contributed by atoms with E-state index < -0.39 is 5.91 Å². The number of halogens is 1. The topological polar surface area (TPSA) is 94.8 Å². The fraction of sp³-hybridized carbons (Fsp3) is 0.0952. The van der Waals surface area contributed by atoms with Crippen molar-refractivity contribution >= 4 is 11.7 Å². The molecule has 0 saturated heterocycles. The molecule has 1 N–H and O–H groups in total. The molecular weight excluding hydrogens is 387 g/mol. The molecular formula is C21H17FN6O2. The molecule has 2 aromatic heterocycles. The minimum Gasteiger partial charge on any atom is -0.497 e. The molecule has 4 aromatic rings. The van der Waals surface area contributed by atoms with Crippen molar-refractivity contribution in [1.29, 1.82) is 0 Å². The van der Waals surface area contributed by atoms with Crippen LogP contribution in [0.3, 0.4) is 0 Å². The Bertz CT molecular complexity index is 1190. The monoisotopic (exact) mass is 404 g/mol. The summed E-state index contributed by atoms with van der Waals surface area (Å²) in [5.74, 6) is 0.253. The lowest BCUT2D eigenvalue weighted by Gasteiger charge is -2.07. The van der Waals surface area contributed by atoms with Crippen molar-refractivity contribution < 1.29 is 13.9 Å². The SMILES string of the molecule is COc1ccc(-c2cc(NC(=O)c3nnn(-c4ccc(F)cc4)c3C)ncn2)cc1. The number of benzene rings is 2. The number of methoxy groups -OCH3 is 1. The predicted octanol–water partition coefficient (Wildman–Crippen LogP) is 3.43. The van der Waals surface area contributed by atoms with Gasteiger partial charge in [-0.3, -0.25) is 4.79 Å². The van der Waals surface area contributed by atoms with E-state index in [1.165, 1.54) is 23.1 Å². The Hall–Kier alpha value is -4.14. The third-order valence-corrected chi connectivity index (χ3v) is 4.48. The van der Waals surface area contributed by atoms with Gasteiger partial charge in [0, 0.05) is 11.6 Å². The number of nitrogens with one attached hydrogen (secondary N) is 1. The molecule has 2 aromatic carbocycles. The van der Waals surface area contributed by atoms with Gasteiger partial charge in [0.05, 0.1) is 24.2 Å². The quantitative estimate of drug-likeness (QED) is 0.548. The largest absolute Gasteiger partial charge is 0.497 e. The Morgan fingerprint density at radius 2 is 1.80 bits per heavy atom. The van der Waals surface area contributed by atoms with Crippen molar-refractivity contribution in [3.05, 3.63) is 78.1 Å². The van der Waals surface area contributed by atoms with E-state index in [1.54, 1.807) is 32.2 Å². The van der Waals surface area contributed by atoms with E-state index in [9.17, 15) is 9.18 Å². The Labute approximate surface area is 171 Å². The summed E-state index contributed by atoms with van der Waals surface area (Å²) in [6, 6.07) is 14.8. The Morgan fingerprint density at radius 3 is 2.50 bits per heavy atom. The van der Waals surface area contributed by atoms with Crippen LogP contribution >= 0.6 is 0 Å². The minimum atomic E-state index is -0.458. The van der Waals surface area contributed by atoms with Crippen molar-refractivity contribution in [2.75, 3.05) is 12.4 Å². The average Bonchev–Trinajstić information content (AvgIpc) is 3.16. The zero-order chi connectivity index (χ0) is 21.1. The van der Waals surface area contributed by atoms with E-state index in [4.69, 9.17) is 4.74 Å². The maximum atomic E-state index is 13.1. The van der Waals surface area contributed by atoms with Crippen LogP contribution in [0.1, 0.15) is 16.2 Å². The molecule has 0 atom stereocenters. The summed E-state index contributed by atoms with van der Waals surface area (Å²) in [5.41, 5.74) is 2.76. The molecule has 0 fully saturated rings. The first-order valence-electron chi connectivity index (χ1n) is 9.01. The second-order valence-electron chi connectivity index (χ2n) is 6.38. The van der Waals surface area contributed by atoms with E-state index >= 15 is 0 Å². The number of hydrogen-bond acceptors (Lipinski definition) is 6. The lowest BCUT2D eigenvalue weighted by Crippen LogP contribution is -2.15. The van der Waals surface area contributed by atoms with Crippen LogP contribution in [0.4, 0.5) is 10.2 Å². The van der Waals surface area contributed by atoms with E-state index in [0.29, 0.717) is 22.9 Å². The highest BCUT2D eigenvalue weighted by Gasteiger charge is 2.18. The lowest BCUT2D eigenvalue weighted by molar-refractivity contribution is 0.102. The van der Waals surface area contributed by atoms with Crippen molar-refractivity contribution in [3.8, 4) is 22.7 Å². The molecule has 1 amide bonds. The van der Waals surface area contributed by atoms with Crippen LogP contribution in [0.25, 0.3) is 16.9 Å². The van der Waals surface area contributed by atoms with Crippen LogP contribution in [0.5, 0.6) is 5.75 Å². The number of carbonyl (C=O) groups excluding carboxylic acids is 1. The zero-order valence-corrected chi connectivity index (χ0v) is 16.2. The molecule has 0 aliphatic heterocycles. The van der Waals surface area contributed by atoms with Crippen LogP contribution in [0, 0.1) is 12.7 Å². The summed E-state index contributed by atoms with van der Waals surface area (Å²) in [5, 5.41) is 10.7.